The fourth-order valence-corrected chi connectivity index (χ4v) is 4.92. The van der Waals surface area contributed by atoms with Gasteiger partial charge in [-0.3, -0.25) is 0 Å². The molecule has 7 heteroatoms. The third-order valence-corrected chi connectivity index (χ3v) is 6.42. The van der Waals surface area contributed by atoms with Gasteiger partial charge in [0.25, 0.3) is 5.70 Å². The van der Waals surface area contributed by atoms with Gasteiger partial charge in [0.2, 0.25) is 5.89 Å². The minimum Gasteiger partial charge on any atom is -0.436 e. The molecule has 0 radical (unpaired) electrons. The largest absolute Gasteiger partial charge is 0.436 e. The number of thiophene rings is 1. The Kier molecular flexibility index (Phi) is 5.10. The van der Waals surface area contributed by atoms with Crippen LogP contribution < -0.4 is 0 Å². The van der Waals surface area contributed by atoms with Gasteiger partial charge in [0.1, 0.15) is 17.7 Å². The molecule has 1 aliphatic carbocycles. The fourth-order valence-electron chi connectivity index (χ4n) is 3.96. The van der Waals surface area contributed by atoms with Crippen LogP contribution in [0.25, 0.3) is 42.9 Å². The minimum absolute atomic E-state index is 0.115. The summed E-state index contributed by atoms with van der Waals surface area (Å²) in [5.41, 5.74) is 3.75. The summed E-state index contributed by atoms with van der Waals surface area (Å²) in [5, 5.41) is 28.9. The highest BCUT2D eigenvalue weighted by atomic mass is 32.1. The van der Waals surface area contributed by atoms with Crippen molar-refractivity contribution in [1.82, 2.24) is 4.98 Å². The van der Waals surface area contributed by atoms with Crippen molar-refractivity contribution in [3.63, 3.8) is 0 Å². The van der Waals surface area contributed by atoms with Crippen molar-refractivity contribution in [3.05, 3.63) is 106 Å². The zero-order valence-electron chi connectivity index (χ0n) is 17.4. The Hall–Kier alpha value is -5.21. The number of nitriles is 3. The Morgan fingerprint density at radius 3 is 2.24 bits per heavy atom. The first-order valence-corrected chi connectivity index (χ1v) is 10.8. The molecule has 5 rings (SSSR count). The molecule has 2 aromatic heterocycles. The van der Waals surface area contributed by atoms with E-state index in [1.807, 2.05) is 54.6 Å². The third kappa shape index (κ3) is 3.27. The number of hydrogen-bond donors (Lipinski definition) is 0. The standard InChI is InChI=1S/C27H11N5OS/c1-31-21(15-30)26-19-10-6-5-9-18(19)25(17(13-28)14-29)20(26)11-24-32-27-22(33-24)12-23(34-27)16-7-3-2-4-8-16/h2-12H/b20-11-,26-21-. The average Bonchev–Trinajstić information content (AvgIpc) is 3.53. The Bertz CT molecular complexity index is 1600. The number of benzene rings is 2. The maximum atomic E-state index is 9.62. The Balaban J connectivity index is 1.73. The number of fused-ring (bicyclic) bond motifs is 2. The molecule has 0 fully saturated rings. The quantitative estimate of drug-likeness (QED) is 0.251. The Labute approximate surface area is 198 Å². The second kappa shape index (κ2) is 8.38. The summed E-state index contributed by atoms with van der Waals surface area (Å²) in [6, 6.07) is 24.7. The van der Waals surface area contributed by atoms with E-state index < -0.39 is 0 Å². The van der Waals surface area contributed by atoms with Gasteiger partial charge in [0.15, 0.2) is 10.4 Å². The first kappa shape index (κ1) is 20.7. The molecule has 0 aliphatic heterocycles. The first-order chi connectivity index (χ1) is 16.7. The van der Waals surface area contributed by atoms with E-state index in [1.165, 1.54) is 11.3 Å². The first-order valence-electron chi connectivity index (χ1n) is 10.0. The molecule has 0 unspecified atom stereocenters. The van der Waals surface area contributed by atoms with Crippen LogP contribution in [0.15, 0.2) is 81.9 Å². The van der Waals surface area contributed by atoms with Crippen LogP contribution in [0.2, 0.25) is 0 Å². The van der Waals surface area contributed by atoms with Crippen molar-refractivity contribution in [2.24, 2.45) is 0 Å². The maximum Gasteiger partial charge on any atom is 0.270 e. The number of nitrogens with zero attached hydrogens (tertiary/aromatic N) is 5. The molecule has 0 saturated heterocycles. The van der Waals surface area contributed by atoms with Crippen molar-refractivity contribution in [3.8, 4) is 28.6 Å². The van der Waals surface area contributed by atoms with Gasteiger partial charge in [-0.2, -0.15) is 15.5 Å². The summed E-state index contributed by atoms with van der Waals surface area (Å²) in [6.45, 7) is 7.50. The van der Waals surface area contributed by atoms with Crippen molar-refractivity contribution in [2.75, 3.05) is 0 Å². The van der Waals surface area contributed by atoms with E-state index in [0.29, 0.717) is 38.3 Å². The maximum absolute atomic E-state index is 9.62. The molecule has 2 aromatic carbocycles. The lowest BCUT2D eigenvalue weighted by molar-refractivity contribution is 0.589. The number of hydrogen-bond acceptors (Lipinski definition) is 6. The predicted octanol–water partition coefficient (Wildman–Crippen LogP) is 6.61. The molecule has 2 heterocycles. The lowest BCUT2D eigenvalue weighted by atomic mass is 9.98. The summed E-state index contributed by atoms with van der Waals surface area (Å²) in [4.78, 5) is 9.69. The topological polar surface area (TPSA) is 102 Å². The molecule has 0 saturated carbocycles. The van der Waals surface area contributed by atoms with Crippen LogP contribution >= 0.6 is 11.3 Å². The van der Waals surface area contributed by atoms with E-state index in [1.54, 1.807) is 30.3 Å². The SMILES string of the molecule is [C-]#[N+]/C(C#N)=C1\C(=C/c2nc3sc(-c4ccccc4)cc3o2)C(=C(C#N)C#N)c2ccccc21. The second-order valence-corrected chi connectivity index (χ2v) is 8.25. The highest BCUT2D eigenvalue weighted by molar-refractivity contribution is 7.21. The zero-order chi connectivity index (χ0) is 23.7. The van der Waals surface area contributed by atoms with E-state index in [0.717, 1.165) is 10.4 Å². The van der Waals surface area contributed by atoms with Crippen LogP contribution in [-0.4, -0.2) is 4.98 Å². The molecule has 156 valence electrons. The van der Waals surface area contributed by atoms with E-state index in [4.69, 9.17) is 11.0 Å². The van der Waals surface area contributed by atoms with Crippen LogP contribution in [0.3, 0.4) is 0 Å². The van der Waals surface area contributed by atoms with Gasteiger partial charge in [-0.05, 0) is 22.3 Å². The molecule has 1 aliphatic rings. The summed E-state index contributed by atoms with van der Waals surface area (Å²) in [5.74, 6) is 0.260. The second-order valence-electron chi connectivity index (χ2n) is 7.22. The van der Waals surface area contributed by atoms with Crippen LogP contribution in [0.5, 0.6) is 0 Å². The van der Waals surface area contributed by atoms with E-state index in [2.05, 4.69) is 9.83 Å². The third-order valence-electron chi connectivity index (χ3n) is 5.36. The number of aromatic nitrogens is 1. The van der Waals surface area contributed by atoms with Gasteiger partial charge in [0, 0.05) is 28.2 Å². The molecule has 0 N–H and O–H groups in total. The lowest BCUT2D eigenvalue weighted by Crippen LogP contribution is -1.89. The predicted molar refractivity (Wildman–Crippen MR) is 129 cm³/mol. The van der Waals surface area contributed by atoms with Gasteiger partial charge in [-0.15, -0.1) is 11.3 Å². The summed E-state index contributed by atoms with van der Waals surface area (Å²) < 4.78 is 5.97. The molecule has 0 spiro atoms. The van der Waals surface area contributed by atoms with Crippen molar-refractivity contribution < 1.29 is 4.42 Å². The van der Waals surface area contributed by atoms with Gasteiger partial charge in [0.05, 0.1) is 12.6 Å². The van der Waals surface area contributed by atoms with Gasteiger partial charge in [-0.1, -0.05) is 54.6 Å². The smallest absolute Gasteiger partial charge is 0.270 e. The summed E-state index contributed by atoms with van der Waals surface area (Å²) in [7, 11) is 0. The zero-order valence-corrected chi connectivity index (χ0v) is 18.2. The van der Waals surface area contributed by atoms with Crippen LogP contribution in [0.4, 0.5) is 0 Å². The monoisotopic (exact) mass is 453 g/mol. The fraction of sp³-hybridized carbons (Fsp3) is 0. The Morgan fingerprint density at radius 1 is 0.941 bits per heavy atom. The molecular formula is C27H11N5OS. The Morgan fingerprint density at radius 2 is 1.62 bits per heavy atom. The number of allylic oxidation sites excluding steroid dienone is 5. The molecule has 6 nitrogen and oxygen atoms in total. The van der Waals surface area contributed by atoms with Crippen molar-refractivity contribution in [2.45, 2.75) is 0 Å². The van der Waals surface area contributed by atoms with E-state index >= 15 is 0 Å². The highest BCUT2D eigenvalue weighted by Crippen LogP contribution is 2.49. The van der Waals surface area contributed by atoms with Gasteiger partial charge < -0.3 is 4.42 Å². The van der Waals surface area contributed by atoms with Crippen LogP contribution in [0.1, 0.15) is 17.0 Å². The van der Waals surface area contributed by atoms with Crippen LogP contribution in [-0.2, 0) is 0 Å². The summed E-state index contributed by atoms with van der Waals surface area (Å²) in [6.07, 6.45) is 1.59. The lowest BCUT2D eigenvalue weighted by Gasteiger charge is -2.04. The van der Waals surface area contributed by atoms with Crippen molar-refractivity contribution >= 4 is 39.0 Å². The minimum atomic E-state index is -0.135. The average molecular weight is 453 g/mol. The van der Waals surface area contributed by atoms with Gasteiger partial charge in [-0.25, -0.2) is 10.1 Å². The number of oxazole rings is 1. The molecule has 34 heavy (non-hydrogen) atoms. The molecular weight excluding hydrogens is 442 g/mol. The van der Waals surface area contributed by atoms with E-state index in [9.17, 15) is 15.8 Å². The van der Waals surface area contributed by atoms with Gasteiger partial charge >= 0.3 is 0 Å². The van der Waals surface area contributed by atoms with Crippen LogP contribution in [0, 0.1) is 40.6 Å². The van der Waals surface area contributed by atoms with E-state index in [-0.39, 0.29) is 17.2 Å². The number of rotatable bonds is 2. The normalized spacial score (nSPS) is 14.7. The molecule has 0 bridgehead atoms. The molecule has 0 amide bonds. The highest BCUT2D eigenvalue weighted by Gasteiger charge is 2.32. The van der Waals surface area contributed by atoms with Crippen molar-refractivity contribution in [1.29, 1.82) is 15.8 Å². The molecule has 0 atom stereocenters. The molecule has 4 aromatic rings. The summed E-state index contributed by atoms with van der Waals surface area (Å²) >= 11 is 1.48.